The zero-order chi connectivity index (χ0) is 15.5. The Morgan fingerprint density at radius 2 is 2.05 bits per heavy atom. The highest BCUT2D eigenvalue weighted by Gasteiger charge is 2.29. The van der Waals surface area contributed by atoms with Gasteiger partial charge in [0.2, 0.25) is 0 Å². The third-order valence-electron chi connectivity index (χ3n) is 3.55. The van der Waals surface area contributed by atoms with Gasteiger partial charge in [-0.1, -0.05) is 43.5 Å². The fourth-order valence-corrected chi connectivity index (χ4v) is 2.60. The third kappa shape index (κ3) is 2.76. The summed E-state index contributed by atoms with van der Waals surface area (Å²) in [5.74, 6) is 0.635. The zero-order valence-electron chi connectivity index (χ0n) is 12.3. The lowest BCUT2D eigenvalue weighted by atomic mass is 10.2. The number of benzene rings is 1. The van der Waals surface area contributed by atoms with Crippen molar-refractivity contribution in [3.05, 3.63) is 41.0 Å². The molecule has 0 saturated carbocycles. The highest BCUT2D eigenvalue weighted by atomic mass is 35.5. The molecular weight excluding hydrogens is 302 g/mol. The number of hydrogen-bond donors (Lipinski definition) is 0. The van der Waals surface area contributed by atoms with E-state index in [2.05, 4.69) is 17.1 Å². The molecule has 1 amide bonds. The Kier molecular flexibility index (Phi) is 4.24. The molecule has 0 N–H and O–H groups in total. The molecule has 0 aliphatic carbocycles. The standard InChI is InChI=1S/C16H16ClN3O2/c1-2-3-6-9-20-12-7-4-5-8-13(12)22-15-11(16(20)21)10-14(17)18-19-15/h4-5,7-8,10H,2-3,6,9H2,1H3. The number of hydrogen-bond acceptors (Lipinski definition) is 4. The van der Waals surface area contributed by atoms with Crippen molar-refractivity contribution in [1.82, 2.24) is 10.2 Å². The van der Waals surface area contributed by atoms with Gasteiger partial charge in [-0.15, -0.1) is 10.2 Å². The average Bonchev–Trinajstić information content (AvgIpc) is 2.64. The molecule has 5 nitrogen and oxygen atoms in total. The second-order valence-corrected chi connectivity index (χ2v) is 5.51. The van der Waals surface area contributed by atoms with Gasteiger partial charge in [0.25, 0.3) is 11.8 Å². The maximum atomic E-state index is 12.9. The van der Waals surface area contributed by atoms with Crippen molar-refractivity contribution in [2.24, 2.45) is 0 Å². The van der Waals surface area contributed by atoms with Gasteiger partial charge in [0.15, 0.2) is 10.9 Å². The summed E-state index contributed by atoms with van der Waals surface area (Å²) in [5.41, 5.74) is 1.09. The van der Waals surface area contributed by atoms with Crippen LogP contribution < -0.4 is 9.64 Å². The summed E-state index contributed by atoms with van der Waals surface area (Å²) in [6.45, 7) is 2.76. The van der Waals surface area contributed by atoms with Crippen LogP contribution in [0, 0.1) is 0 Å². The van der Waals surface area contributed by atoms with Gasteiger partial charge in [0.05, 0.1) is 5.69 Å². The Labute approximate surface area is 133 Å². The van der Waals surface area contributed by atoms with Crippen molar-refractivity contribution < 1.29 is 9.53 Å². The van der Waals surface area contributed by atoms with Crippen LogP contribution in [0.2, 0.25) is 5.15 Å². The number of rotatable bonds is 4. The maximum absolute atomic E-state index is 12.9. The molecule has 2 aromatic rings. The van der Waals surface area contributed by atoms with Crippen LogP contribution in [-0.2, 0) is 0 Å². The number of anilines is 1. The second-order valence-electron chi connectivity index (χ2n) is 5.12. The Morgan fingerprint density at radius 3 is 2.86 bits per heavy atom. The van der Waals surface area contributed by atoms with Crippen LogP contribution in [0.4, 0.5) is 5.69 Å². The number of amides is 1. The molecule has 2 heterocycles. The molecule has 0 bridgehead atoms. The van der Waals surface area contributed by atoms with Crippen molar-refractivity contribution in [3.63, 3.8) is 0 Å². The average molecular weight is 318 g/mol. The molecular formula is C16H16ClN3O2. The number of aromatic nitrogens is 2. The lowest BCUT2D eigenvalue weighted by Crippen LogP contribution is -2.31. The predicted molar refractivity (Wildman–Crippen MR) is 84.8 cm³/mol. The monoisotopic (exact) mass is 317 g/mol. The molecule has 1 aliphatic rings. The molecule has 1 aromatic carbocycles. The van der Waals surface area contributed by atoms with E-state index in [9.17, 15) is 4.79 Å². The fraction of sp³-hybridized carbons (Fsp3) is 0.312. The molecule has 22 heavy (non-hydrogen) atoms. The van der Waals surface area contributed by atoms with Gasteiger partial charge in [-0.3, -0.25) is 4.79 Å². The number of fused-ring (bicyclic) bond motifs is 2. The fourth-order valence-electron chi connectivity index (χ4n) is 2.45. The van der Waals surface area contributed by atoms with E-state index in [-0.39, 0.29) is 16.9 Å². The van der Waals surface area contributed by atoms with Crippen molar-refractivity contribution in [1.29, 1.82) is 0 Å². The van der Waals surface area contributed by atoms with Crippen LogP contribution in [0.1, 0.15) is 36.5 Å². The topological polar surface area (TPSA) is 55.3 Å². The minimum atomic E-state index is -0.159. The smallest absolute Gasteiger partial charge is 0.264 e. The van der Waals surface area contributed by atoms with E-state index >= 15 is 0 Å². The Hall–Kier alpha value is -2.14. The molecule has 1 aliphatic heterocycles. The first kappa shape index (κ1) is 14.8. The summed E-state index contributed by atoms with van der Waals surface area (Å²) < 4.78 is 5.77. The number of nitrogens with zero attached hydrogens (tertiary/aromatic N) is 3. The largest absolute Gasteiger partial charge is 0.435 e. The highest BCUT2D eigenvalue weighted by Crippen LogP contribution is 2.38. The lowest BCUT2D eigenvalue weighted by Gasteiger charge is -2.21. The van der Waals surface area contributed by atoms with E-state index in [1.54, 1.807) is 4.90 Å². The van der Waals surface area contributed by atoms with Crippen LogP contribution >= 0.6 is 11.6 Å². The van der Waals surface area contributed by atoms with Crippen LogP contribution in [-0.4, -0.2) is 22.6 Å². The summed E-state index contributed by atoms with van der Waals surface area (Å²) in [6, 6.07) is 8.95. The summed E-state index contributed by atoms with van der Waals surface area (Å²) in [6.07, 6.45) is 3.08. The Bertz CT molecular complexity index is 706. The Balaban J connectivity index is 2.05. The number of unbranched alkanes of at least 4 members (excludes halogenated alkanes) is 2. The van der Waals surface area contributed by atoms with Crippen LogP contribution in [0.5, 0.6) is 11.6 Å². The van der Waals surface area contributed by atoms with Crippen molar-refractivity contribution in [3.8, 4) is 11.6 Å². The van der Waals surface area contributed by atoms with E-state index in [1.165, 1.54) is 6.07 Å². The summed E-state index contributed by atoms with van der Waals surface area (Å²) >= 11 is 5.88. The molecule has 0 fully saturated rings. The first-order chi connectivity index (χ1) is 10.7. The number of carbonyl (C=O) groups is 1. The molecule has 6 heteroatoms. The highest BCUT2D eigenvalue weighted by molar-refractivity contribution is 6.29. The SMILES string of the molecule is CCCCCN1C(=O)c2cc(Cl)nnc2Oc2ccccc21. The van der Waals surface area contributed by atoms with Crippen LogP contribution in [0.25, 0.3) is 0 Å². The first-order valence-corrected chi connectivity index (χ1v) is 7.70. The number of para-hydroxylation sites is 2. The van der Waals surface area contributed by atoms with Crippen molar-refractivity contribution in [2.45, 2.75) is 26.2 Å². The minimum absolute atomic E-state index is 0.159. The van der Waals surface area contributed by atoms with Gasteiger partial charge in [-0.05, 0) is 24.6 Å². The van der Waals surface area contributed by atoms with Crippen molar-refractivity contribution >= 4 is 23.2 Å². The van der Waals surface area contributed by atoms with Gasteiger partial charge < -0.3 is 9.64 Å². The third-order valence-corrected chi connectivity index (χ3v) is 3.74. The predicted octanol–water partition coefficient (Wildman–Crippen LogP) is 4.07. The molecule has 0 atom stereocenters. The summed E-state index contributed by atoms with van der Waals surface area (Å²) in [7, 11) is 0. The van der Waals surface area contributed by atoms with Gasteiger partial charge in [-0.2, -0.15) is 0 Å². The van der Waals surface area contributed by atoms with Crippen molar-refractivity contribution in [2.75, 3.05) is 11.4 Å². The molecule has 0 radical (unpaired) electrons. The number of ether oxygens (including phenoxy) is 1. The quantitative estimate of drug-likeness (QED) is 0.797. The molecule has 0 saturated heterocycles. The molecule has 1 aromatic heterocycles. The normalized spacial score (nSPS) is 13.2. The molecule has 114 valence electrons. The van der Waals surface area contributed by atoms with E-state index in [0.29, 0.717) is 17.9 Å². The summed E-state index contributed by atoms with van der Waals surface area (Å²) in [4.78, 5) is 14.6. The van der Waals surface area contributed by atoms with Crippen LogP contribution in [0.3, 0.4) is 0 Å². The first-order valence-electron chi connectivity index (χ1n) is 7.32. The zero-order valence-corrected chi connectivity index (χ0v) is 13.0. The summed E-state index contributed by atoms with van der Waals surface area (Å²) in [5, 5.41) is 7.85. The second kappa shape index (κ2) is 6.32. The van der Waals surface area contributed by atoms with E-state index in [4.69, 9.17) is 16.3 Å². The lowest BCUT2D eigenvalue weighted by molar-refractivity contribution is 0.0986. The van der Waals surface area contributed by atoms with E-state index in [0.717, 1.165) is 24.9 Å². The van der Waals surface area contributed by atoms with E-state index in [1.807, 2.05) is 24.3 Å². The van der Waals surface area contributed by atoms with Gasteiger partial charge in [0.1, 0.15) is 5.56 Å². The van der Waals surface area contributed by atoms with Crippen LogP contribution in [0.15, 0.2) is 30.3 Å². The molecule has 0 unspecified atom stereocenters. The maximum Gasteiger partial charge on any atom is 0.264 e. The Morgan fingerprint density at radius 1 is 1.23 bits per heavy atom. The molecule has 0 spiro atoms. The van der Waals surface area contributed by atoms with Gasteiger partial charge in [-0.25, -0.2) is 0 Å². The van der Waals surface area contributed by atoms with E-state index < -0.39 is 0 Å². The number of halogens is 1. The minimum Gasteiger partial charge on any atom is -0.435 e. The molecule has 3 rings (SSSR count). The van der Waals surface area contributed by atoms with Gasteiger partial charge >= 0.3 is 0 Å². The number of carbonyl (C=O) groups excluding carboxylic acids is 1. The van der Waals surface area contributed by atoms with Gasteiger partial charge in [0, 0.05) is 6.54 Å².